The van der Waals surface area contributed by atoms with E-state index >= 15 is 0 Å². The highest BCUT2D eigenvalue weighted by Gasteiger charge is 2.27. The summed E-state index contributed by atoms with van der Waals surface area (Å²) in [6, 6.07) is 5.35. The van der Waals surface area contributed by atoms with Crippen LogP contribution in [0.15, 0.2) is 18.2 Å². The van der Waals surface area contributed by atoms with Gasteiger partial charge in [0.15, 0.2) is 0 Å². The van der Waals surface area contributed by atoms with Gasteiger partial charge in [-0.05, 0) is 36.8 Å². The second kappa shape index (κ2) is 5.61. The Hall–Kier alpha value is -1.55. The van der Waals surface area contributed by atoms with Crippen molar-refractivity contribution in [3.63, 3.8) is 0 Å². The lowest BCUT2D eigenvalue weighted by molar-refractivity contribution is 0.0299. The van der Waals surface area contributed by atoms with Crippen molar-refractivity contribution >= 4 is 11.7 Å². The second-order valence-electron chi connectivity index (χ2n) is 5.58. The molecule has 1 fully saturated rings. The van der Waals surface area contributed by atoms with Gasteiger partial charge in [-0.15, -0.1) is 0 Å². The maximum atomic E-state index is 11.2. The lowest BCUT2D eigenvalue weighted by Crippen LogP contribution is -2.33. The van der Waals surface area contributed by atoms with Crippen LogP contribution >= 0.6 is 0 Å². The highest BCUT2D eigenvalue weighted by atomic mass is 16.5. The van der Waals surface area contributed by atoms with Gasteiger partial charge in [0, 0.05) is 19.8 Å². The maximum absolute atomic E-state index is 11.2. The Kier molecular flexibility index (Phi) is 4.10. The first kappa shape index (κ1) is 13.9. The molecule has 0 spiro atoms. The molecule has 0 bridgehead atoms. The van der Waals surface area contributed by atoms with Crippen molar-refractivity contribution < 1.29 is 14.6 Å². The highest BCUT2D eigenvalue weighted by Crippen LogP contribution is 2.31. The molecule has 2 rings (SSSR count). The van der Waals surface area contributed by atoms with E-state index in [1.165, 1.54) is 0 Å². The first-order chi connectivity index (χ1) is 9.02. The number of rotatable bonds is 4. The van der Waals surface area contributed by atoms with Crippen LogP contribution in [0.3, 0.4) is 0 Å². The van der Waals surface area contributed by atoms with E-state index in [2.05, 4.69) is 12.2 Å². The third kappa shape index (κ3) is 3.26. The van der Waals surface area contributed by atoms with Gasteiger partial charge < -0.3 is 15.2 Å². The molecule has 0 unspecified atom stereocenters. The van der Waals surface area contributed by atoms with Crippen LogP contribution in [0.2, 0.25) is 0 Å². The topological polar surface area (TPSA) is 58.6 Å². The molecule has 1 saturated heterocycles. The third-order valence-corrected chi connectivity index (χ3v) is 3.90. The van der Waals surface area contributed by atoms with Crippen LogP contribution in [-0.2, 0) is 4.74 Å². The maximum Gasteiger partial charge on any atom is 0.337 e. The molecule has 0 aromatic heterocycles. The molecule has 4 nitrogen and oxygen atoms in total. The van der Waals surface area contributed by atoms with E-state index in [9.17, 15) is 9.90 Å². The number of nitrogens with one attached hydrogen (secondary N) is 1. The Bertz CT molecular complexity index is 464. The van der Waals surface area contributed by atoms with Crippen molar-refractivity contribution in [3.05, 3.63) is 29.3 Å². The summed E-state index contributed by atoms with van der Waals surface area (Å²) in [4.78, 5) is 11.2. The van der Waals surface area contributed by atoms with Gasteiger partial charge in [-0.25, -0.2) is 4.79 Å². The fourth-order valence-corrected chi connectivity index (χ4v) is 2.42. The molecule has 1 aromatic rings. The Morgan fingerprint density at radius 2 is 2.11 bits per heavy atom. The van der Waals surface area contributed by atoms with Gasteiger partial charge in [0.2, 0.25) is 0 Å². The van der Waals surface area contributed by atoms with Crippen LogP contribution in [0, 0.1) is 12.3 Å². The predicted octanol–water partition coefficient (Wildman–Crippen LogP) is 2.92. The van der Waals surface area contributed by atoms with Gasteiger partial charge in [-0.1, -0.05) is 19.1 Å². The summed E-state index contributed by atoms with van der Waals surface area (Å²) in [6.45, 7) is 6.51. The molecular formula is C15H21NO3. The number of hydrogen-bond acceptors (Lipinski definition) is 3. The van der Waals surface area contributed by atoms with E-state index in [0.29, 0.717) is 5.56 Å². The minimum absolute atomic E-state index is 0.177. The normalized spacial score (nSPS) is 18.0. The standard InChI is InChI=1S/C15H21NO3/c1-11-4-3-5-12(14(17)18)13(11)16-10-15(2)6-8-19-9-7-15/h3-5,16H,6-10H2,1-2H3,(H,17,18). The lowest BCUT2D eigenvalue weighted by Gasteiger charge is -2.34. The Morgan fingerprint density at radius 3 is 2.74 bits per heavy atom. The molecule has 104 valence electrons. The van der Waals surface area contributed by atoms with Gasteiger partial charge in [0.1, 0.15) is 0 Å². The lowest BCUT2D eigenvalue weighted by atomic mass is 9.82. The number of hydrogen-bond donors (Lipinski definition) is 2. The summed E-state index contributed by atoms with van der Waals surface area (Å²) in [5, 5.41) is 12.6. The van der Waals surface area contributed by atoms with E-state index in [4.69, 9.17) is 4.74 Å². The summed E-state index contributed by atoms with van der Waals surface area (Å²) in [5.41, 5.74) is 2.23. The number of benzene rings is 1. The highest BCUT2D eigenvalue weighted by molar-refractivity contribution is 5.95. The molecule has 0 radical (unpaired) electrons. The van der Waals surface area contributed by atoms with E-state index in [-0.39, 0.29) is 5.41 Å². The minimum atomic E-state index is -0.886. The average molecular weight is 263 g/mol. The van der Waals surface area contributed by atoms with Crippen LogP contribution in [0.1, 0.15) is 35.7 Å². The molecule has 1 aliphatic heterocycles. The van der Waals surface area contributed by atoms with Crippen LogP contribution in [0.4, 0.5) is 5.69 Å². The number of carbonyl (C=O) groups is 1. The van der Waals surface area contributed by atoms with Gasteiger partial charge in [0.25, 0.3) is 0 Å². The summed E-state index contributed by atoms with van der Waals surface area (Å²) >= 11 is 0. The van der Waals surface area contributed by atoms with Crippen LogP contribution in [-0.4, -0.2) is 30.8 Å². The molecule has 4 heteroatoms. The Labute approximate surface area is 113 Å². The summed E-state index contributed by atoms with van der Waals surface area (Å²) in [5.74, 6) is -0.886. The molecule has 0 saturated carbocycles. The largest absolute Gasteiger partial charge is 0.478 e. The van der Waals surface area contributed by atoms with Crippen LogP contribution in [0.5, 0.6) is 0 Å². The van der Waals surface area contributed by atoms with Crippen LogP contribution < -0.4 is 5.32 Å². The van der Waals surface area contributed by atoms with E-state index in [0.717, 1.165) is 43.9 Å². The zero-order valence-electron chi connectivity index (χ0n) is 11.5. The number of para-hydroxylation sites is 1. The van der Waals surface area contributed by atoms with E-state index in [1.54, 1.807) is 12.1 Å². The van der Waals surface area contributed by atoms with Gasteiger partial charge in [-0.2, -0.15) is 0 Å². The fraction of sp³-hybridized carbons (Fsp3) is 0.533. The first-order valence-electron chi connectivity index (χ1n) is 6.66. The molecule has 1 heterocycles. The van der Waals surface area contributed by atoms with Gasteiger partial charge >= 0.3 is 5.97 Å². The van der Waals surface area contributed by atoms with Crippen molar-refractivity contribution in [1.82, 2.24) is 0 Å². The zero-order valence-corrected chi connectivity index (χ0v) is 11.5. The minimum Gasteiger partial charge on any atom is -0.478 e. The van der Waals surface area contributed by atoms with Crippen LogP contribution in [0.25, 0.3) is 0 Å². The molecule has 0 atom stereocenters. The van der Waals surface area contributed by atoms with Crippen molar-refractivity contribution in [1.29, 1.82) is 0 Å². The summed E-state index contributed by atoms with van der Waals surface area (Å²) in [7, 11) is 0. The molecule has 0 aliphatic carbocycles. The number of aryl methyl sites for hydroxylation is 1. The third-order valence-electron chi connectivity index (χ3n) is 3.90. The van der Waals surface area contributed by atoms with Gasteiger partial charge in [-0.3, -0.25) is 0 Å². The van der Waals surface area contributed by atoms with Crippen molar-refractivity contribution in [2.75, 3.05) is 25.1 Å². The monoisotopic (exact) mass is 263 g/mol. The molecule has 1 aliphatic rings. The number of ether oxygens (including phenoxy) is 1. The molecule has 1 aromatic carbocycles. The fourth-order valence-electron chi connectivity index (χ4n) is 2.42. The van der Waals surface area contributed by atoms with E-state index in [1.807, 2.05) is 13.0 Å². The predicted molar refractivity (Wildman–Crippen MR) is 74.8 cm³/mol. The van der Waals surface area contributed by atoms with Crippen molar-refractivity contribution in [3.8, 4) is 0 Å². The number of aromatic carboxylic acids is 1. The second-order valence-corrected chi connectivity index (χ2v) is 5.58. The summed E-state index contributed by atoms with van der Waals surface area (Å²) in [6.07, 6.45) is 2.02. The van der Waals surface area contributed by atoms with Crippen molar-refractivity contribution in [2.45, 2.75) is 26.7 Å². The smallest absolute Gasteiger partial charge is 0.337 e. The zero-order chi connectivity index (χ0) is 13.9. The molecule has 19 heavy (non-hydrogen) atoms. The molecular weight excluding hydrogens is 242 g/mol. The van der Waals surface area contributed by atoms with Crippen molar-refractivity contribution in [2.24, 2.45) is 5.41 Å². The first-order valence-corrected chi connectivity index (χ1v) is 6.66. The number of carboxylic acid groups (broad SMARTS) is 1. The SMILES string of the molecule is Cc1cccc(C(=O)O)c1NCC1(C)CCOCC1. The average Bonchev–Trinajstić information content (AvgIpc) is 2.38. The molecule has 0 amide bonds. The number of anilines is 1. The molecule has 2 N–H and O–H groups in total. The van der Waals surface area contributed by atoms with E-state index < -0.39 is 5.97 Å². The summed E-state index contributed by atoms with van der Waals surface area (Å²) < 4.78 is 5.38. The Morgan fingerprint density at radius 1 is 1.42 bits per heavy atom. The quantitative estimate of drug-likeness (QED) is 0.877. The van der Waals surface area contributed by atoms with Gasteiger partial charge in [0.05, 0.1) is 11.3 Å². The number of carboxylic acids is 1. The Balaban J connectivity index is 2.12.